The highest BCUT2D eigenvalue weighted by Crippen LogP contribution is 2.35. The Labute approximate surface area is 159 Å². The van der Waals surface area contributed by atoms with E-state index in [1.807, 2.05) is 6.92 Å². The first kappa shape index (κ1) is 18.5. The molecule has 1 aliphatic rings. The van der Waals surface area contributed by atoms with Crippen LogP contribution in [0.4, 0.5) is 5.69 Å². The second-order valence-electron chi connectivity index (χ2n) is 5.65. The molecule has 1 saturated heterocycles. The van der Waals surface area contributed by atoms with Crippen molar-refractivity contribution in [3.63, 3.8) is 0 Å². The molecule has 0 aliphatic carbocycles. The van der Waals surface area contributed by atoms with Gasteiger partial charge in [0.15, 0.2) is 16.7 Å². The number of thioether (sulfide) groups is 1. The Morgan fingerprint density at radius 1 is 1.15 bits per heavy atom. The fourth-order valence-corrected chi connectivity index (χ4v) is 3.50. The maximum absolute atomic E-state index is 12.6. The molecule has 0 atom stereocenters. The molecule has 0 aromatic heterocycles. The summed E-state index contributed by atoms with van der Waals surface area (Å²) in [6.45, 7) is 2.26. The van der Waals surface area contributed by atoms with Gasteiger partial charge in [-0.25, -0.2) is 9.79 Å². The molecule has 27 heavy (non-hydrogen) atoms. The van der Waals surface area contributed by atoms with Crippen LogP contribution in [0.2, 0.25) is 0 Å². The van der Waals surface area contributed by atoms with Crippen molar-refractivity contribution in [1.82, 2.24) is 4.90 Å². The van der Waals surface area contributed by atoms with Crippen LogP contribution in [0.25, 0.3) is 6.08 Å². The molecule has 1 fully saturated rings. The van der Waals surface area contributed by atoms with Gasteiger partial charge in [0.05, 0.1) is 16.2 Å². The Balaban J connectivity index is 1.90. The summed E-state index contributed by atoms with van der Waals surface area (Å²) in [5.41, 5.74) is 1.27. The second-order valence-corrected chi connectivity index (χ2v) is 6.66. The van der Waals surface area contributed by atoms with Crippen LogP contribution in [0.5, 0.6) is 11.5 Å². The van der Waals surface area contributed by atoms with Crippen LogP contribution in [0.15, 0.2) is 52.4 Å². The number of carbonyl (C=O) groups excluding carboxylic acids is 1. The maximum Gasteiger partial charge on any atom is 0.335 e. The number of carboxylic acids is 1. The first-order valence-corrected chi connectivity index (χ1v) is 8.86. The third-order valence-electron chi connectivity index (χ3n) is 3.84. The van der Waals surface area contributed by atoms with Gasteiger partial charge in [-0.2, -0.15) is 0 Å². The van der Waals surface area contributed by atoms with E-state index >= 15 is 0 Å². The number of likely N-dealkylation sites (N-methyl/N-ethyl adjacent to an activating group) is 1. The number of aliphatic imine (C=N–C) groups is 1. The molecule has 0 bridgehead atoms. The molecule has 2 aromatic carbocycles. The quantitative estimate of drug-likeness (QED) is 0.550. The zero-order chi connectivity index (χ0) is 19.6. The molecule has 138 valence electrons. The Hall–Kier alpha value is -3.26. The Bertz CT molecular complexity index is 967. The average molecular weight is 384 g/mol. The van der Waals surface area contributed by atoms with Crippen LogP contribution in [-0.4, -0.2) is 43.8 Å². The van der Waals surface area contributed by atoms with E-state index in [1.165, 1.54) is 40.9 Å². The molecular formula is C19H16N2O5S. The number of phenolic OH excluding ortho intramolecular Hbond substituents is 2. The highest BCUT2D eigenvalue weighted by molar-refractivity contribution is 8.18. The number of carbonyl (C=O) groups is 2. The van der Waals surface area contributed by atoms with Gasteiger partial charge in [-0.3, -0.25) is 9.69 Å². The van der Waals surface area contributed by atoms with E-state index in [4.69, 9.17) is 5.11 Å². The molecule has 1 aliphatic heterocycles. The van der Waals surface area contributed by atoms with Crippen molar-refractivity contribution in [2.45, 2.75) is 6.92 Å². The predicted octanol–water partition coefficient (Wildman–Crippen LogP) is 3.42. The Morgan fingerprint density at radius 3 is 2.44 bits per heavy atom. The van der Waals surface area contributed by atoms with E-state index < -0.39 is 5.97 Å². The average Bonchev–Trinajstić information content (AvgIpc) is 2.93. The second kappa shape index (κ2) is 7.55. The number of nitrogens with zero attached hydrogens (tertiary/aromatic N) is 2. The standard InChI is InChI=1S/C19H16N2O5S/c1-2-21-17(24)16(10-11-3-8-14(22)15(23)9-11)27-19(21)20-13-6-4-12(5-7-13)18(25)26/h3-10,22-23H,2H2,1H3,(H,25,26)/b16-10-,20-19?. The van der Waals surface area contributed by atoms with Crippen molar-refractivity contribution in [1.29, 1.82) is 0 Å². The minimum atomic E-state index is -1.02. The van der Waals surface area contributed by atoms with Gasteiger partial charge in [0.2, 0.25) is 0 Å². The lowest BCUT2D eigenvalue weighted by Crippen LogP contribution is -2.28. The number of rotatable bonds is 4. The topological polar surface area (TPSA) is 110 Å². The summed E-state index contributed by atoms with van der Waals surface area (Å²) >= 11 is 1.19. The van der Waals surface area contributed by atoms with Gasteiger partial charge in [-0.05, 0) is 66.7 Å². The summed E-state index contributed by atoms with van der Waals surface area (Å²) in [7, 11) is 0. The van der Waals surface area contributed by atoms with Crippen molar-refractivity contribution < 1.29 is 24.9 Å². The molecule has 0 saturated carbocycles. The zero-order valence-corrected chi connectivity index (χ0v) is 15.1. The summed E-state index contributed by atoms with van der Waals surface area (Å²) < 4.78 is 0. The molecule has 3 N–H and O–H groups in total. The van der Waals surface area contributed by atoms with Crippen LogP contribution in [-0.2, 0) is 4.79 Å². The number of amidine groups is 1. The highest BCUT2D eigenvalue weighted by atomic mass is 32.2. The molecule has 2 aromatic rings. The first-order valence-electron chi connectivity index (χ1n) is 8.04. The molecule has 0 unspecified atom stereocenters. The summed E-state index contributed by atoms with van der Waals surface area (Å²) in [6.07, 6.45) is 1.62. The highest BCUT2D eigenvalue weighted by Gasteiger charge is 2.32. The SMILES string of the molecule is CCN1C(=O)/C(=C/c2ccc(O)c(O)c2)SC1=Nc1ccc(C(=O)O)cc1. The number of hydrogen-bond donors (Lipinski definition) is 3. The predicted molar refractivity (Wildman–Crippen MR) is 103 cm³/mol. The lowest BCUT2D eigenvalue weighted by Gasteiger charge is -2.12. The van der Waals surface area contributed by atoms with Gasteiger partial charge in [0.25, 0.3) is 5.91 Å². The van der Waals surface area contributed by atoms with Crippen molar-refractivity contribution in [3.05, 3.63) is 58.5 Å². The molecular weight excluding hydrogens is 368 g/mol. The molecule has 1 amide bonds. The van der Waals surface area contributed by atoms with E-state index in [1.54, 1.807) is 24.3 Å². The zero-order valence-electron chi connectivity index (χ0n) is 14.3. The fourth-order valence-electron chi connectivity index (χ4n) is 2.44. The van der Waals surface area contributed by atoms with Crippen molar-refractivity contribution in [2.24, 2.45) is 4.99 Å². The third-order valence-corrected chi connectivity index (χ3v) is 4.85. The number of aromatic hydroxyl groups is 2. The van der Waals surface area contributed by atoms with E-state index in [0.717, 1.165) is 0 Å². The summed E-state index contributed by atoms with van der Waals surface area (Å²) in [5, 5.41) is 28.4. The lowest BCUT2D eigenvalue weighted by atomic mass is 10.2. The molecule has 8 heteroatoms. The molecule has 7 nitrogen and oxygen atoms in total. The van der Waals surface area contributed by atoms with E-state index in [-0.39, 0.29) is 23.0 Å². The minimum absolute atomic E-state index is 0.161. The largest absolute Gasteiger partial charge is 0.504 e. The number of phenols is 2. The number of carboxylic acid groups (broad SMARTS) is 1. The number of hydrogen-bond acceptors (Lipinski definition) is 6. The monoisotopic (exact) mass is 384 g/mol. The Kier molecular flexibility index (Phi) is 5.18. The van der Waals surface area contributed by atoms with E-state index in [2.05, 4.69) is 4.99 Å². The van der Waals surface area contributed by atoms with Crippen LogP contribution in [0, 0.1) is 0 Å². The normalized spacial score (nSPS) is 17.1. The third kappa shape index (κ3) is 3.95. The van der Waals surface area contributed by atoms with Crippen LogP contribution >= 0.6 is 11.8 Å². The van der Waals surface area contributed by atoms with Crippen LogP contribution in [0.1, 0.15) is 22.8 Å². The summed E-state index contributed by atoms with van der Waals surface area (Å²) in [6, 6.07) is 10.4. The Morgan fingerprint density at radius 2 is 1.85 bits per heavy atom. The smallest absolute Gasteiger partial charge is 0.335 e. The molecule has 0 spiro atoms. The van der Waals surface area contributed by atoms with Crippen LogP contribution < -0.4 is 0 Å². The van der Waals surface area contributed by atoms with Crippen LogP contribution in [0.3, 0.4) is 0 Å². The first-order chi connectivity index (χ1) is 12.9. The van der Waals surface area contributed by atoms with Crippen molar-refractivity contribution in [3.8, 4) is 11.5 Å². The summed E-state index contributed by atoms with van der Waals surface area (Å²) in [5.74, 6) is -1.72. The number of amides is 1. The van der Waals surface area contributed by atoms with Crippen molar-refractivity contribution in [2.75, 3.05) is 6.54 Å². The number of aromatic carboxylic acids is 1. The minimum Gasteiger partial charge on any atom is -0.504 e. The van der Waals surface area contributed by atoms with E-state index in [9.17, 15) is 19.8 Å². The number of benzene rings is 2. The van der Waals surface area contributed by atoms with E-state index in [0.29, 0.717) is 27.9 Å². The van der Waals surface area contributed by atoms with Crippen molar-refractivity contribution >= 4 is 40.6 Å². The fraction of sp³-hybridized carbons (Fsp3) is 0.105. The van der Waals surface area contributed by atoms with Gasteiger partial charge < -0.3 is 15.3 Å². The van der Waals surface area contributed by atoms with Gasteiger partial charge in [-0.15, -0.1) is 0 Å². The lowest BCUT2D eigenvalue weighted by molar-refractivity contribution is -0.122. The summed E-state index contributed by atoms with van der Waals surface area (Å²) in [4.78, 5) is 29.9. The van der Waals surface area contributed by atoms with Gasteiger partial charge >= 0.3 is 5.97 Å². The van der Waals surface area contributed by atoms with Gasteiger partial charge in [-0.1, -0.05) is 6.07 Å². The molecule has 3 rings (SSSR count). The maximum atomic E-state index is 12.6. The van der Waals surface area contributed by atoms with Gasteiger partial charge in [0, 0.05) is 6.54 Å². The molecule has 1 heterocycles. The van der Waals surface area contributed by atoms with Gasteiger partial charge in [0.1, 0.15) is 0 Å². The molecule has 0 radical (unpaired) electrons.